The van der Waals surface area contributed by atoms with E-state index in [1.165, 1.54) is 10.5 Å². The molecule has 1 aliphatic heterocycles. The summed E-state index contributed by atoms with van der Waals surface area (Å²) in [5.41, 5.74) is 1.92. The van der Waals surface area contributed by atoms with Gasteiger partial charge in [0.25, 0.3) is 5.91 Å². The van der Waals surface area contributed by atoms with E-state index in [1.54, 1.807) is 0 Å². The first kappa shape index (κ1) is 19.3. The number of hydrogen-bond donors (Lipinski definition) is 0. The van der Waals surface area contributed by atoms with Crippen LogP contribution in [-0.4, -0.2) is 28.5 Å². The molecule has 0 N–H and O–H groups in total. The lowest BCUT2D eigenvalue weighted by molar-refractivity contribution is 0.0684. The van der Waals surface area contributed by atoms with E-state index in [0.717, 1.165) is 37.1 Å². The van der Waals surface area contributed by atoms with Gasteiger partial charge in [-0.15, -0.1) is 0 Å². The van der Waals surface area contributed by atoms with Crippen LogP contribution in [-0.2, 0) is 6.42 Å². The number of carbonyl (C=O) groups excluding carboxylic acids is 1. The third kappa shape index (κ3) is 4.06. The Hall–Kier alpha value is -3.02. The number of rotatable bonds is 4. The molecule has 0 spiro atoms. The Balaban J connectivity index is 1.35. The average Bonchev–Trinajstić information content (AvgIpc) is 3.28. The fourth-order valence-electron chi connectivity index (χ4n) is 3.85. The van der Waals surface area contributed by atoms with Crippen molar-refractivity contribution in [2.45, 2.75) is 19.3 Å². The first-order valence-corrected chi connectivity index (χ1v) is 9.68. The van der Waals surface area contributed by atoms with Crippen LogP contribution >= 0.6 is 0 Å². The molecule has 0 saturated carbocycles. The first-order valence-electron chi connectivity index (χ1n) is 9.68. The van der Waals surface area contributed by atoms with Gasteiger partial charge in [0.1, 0.15) is 0 Å². The topological polar surface area (TPSA) is 25.2 Å². The lowest BCUT2D eigenvalue weighted by atomic mass is 9.90. The van der Waals surface area contributed by atoms with Gasteiger partial charge >= 0.3 is 0 Å². The van der Waals surface area contributed by atoms with E-state index in [0.29, 0.717) is 19.0 Å². The third-order valence-corrected chi connectivity index (χ3v) is 5.53. The molecule has 0 atom stereocenters. The number of amides is 1. The molecular formula is C23H21F3N2O. The molecule has 1 aliphatic rings. The molecule has 1 saturated heterocycles. The number of likely N-dealkylation sites (tertiary alicyclic amines) is 1. The second-order valence-electron chi connectivity index (χ2n) is 7.42. The normalized spacial score (nSPS) is 14.9. The van der Waals surface area contributed by atoms with E-state index in [9.17, 15) is 18.0 Å². The average molecular weight is 398 g/mol. The van der Waals surface area contributed by atoms with Crippen molar-refractivity contribution in [2.75, 3.05) is 13.1 Å². The van der Waals surface area contributed by atoms with Gasteiger partial charge in [0.15, 0.2) is 17.5 Å². The zero-order valence-electron chi connectivity index (χ0n) is 15.8. The van der Waals surface area contributed by atoms with Crippen molar-refractivity contribution in [1.29, 1.82) is 0 Å². The standard InChI is InChI=1S/C23H21F3N2O/c24-20-8-7-19(21(25)22(20)26)23(29)28-13-9-17(10-14-28)15-16-3-5-18(6-4-16)27-11-1-2-12-27/h1-8,11-12,17H,9-10,13-15H2. The van der Waals surface area contributed by atoms with Crippen LogP contribution in [0.4, 0.5) is 13.2 Å². The highest BCUT2D eigenvalue weighted by Gasteiger charge is 2.27. The summed E-state index contributed by atoms with van der Waals surface area (Å²) in [5.74, 6) is -4.48. The summed E-state index contributed by atoms with van der Waals surface area (Å²) in [6.45, 7) is 0.951. The maximum Gasteiger partial charge on any atom is 0.256 e. The molecule has 1 aromatic heterocycles. The Morgan fingerprint density at radius 2 is 1.55 bits per heavy atom. The minimum Gasteiger partial charge on any atom is -0.339 e. The largest absolute Gasteiger partial charge is 0.339 e. The van der Waals surface area contributed by atoms with Gasteiger partial charge in [-0.25, -0.2) is 13.2 Å². The van der Waals surface area contributed by atoms with Crippen LogP contribution < -0.4 is 0 Å². The number of carbonyl (C=O) groups is 1. The molecule has 2 heterocycles. The highest BCUT2D eigenvalue weighted by Crippen LogP contribution is 2.25. The fraction of sp³-hybridized carbons (Fsp3) is 0.261. The molecule has 6 heteroatoms. The van der Waals surface area contributed by atoms with Crippen molar-refractivity contribution < 1.29 is 18.0 Å². The van der Waals surface area contributed by atoms with Gasteiger partial charge in [0.05, 0.1) is 5.56 Å². The van der Waals surface area contributed by atoms with Crippen LogP contribution in [0.5, 0.6) is 0 Å². The van der Waals surface area contributed by atoms with E-state index in [4.69, 9.17) is 0 Å². The van der Waals surface area contributed by atoms with E-state index < -0.39 is 28.9 Å². The number of piperidine rings is 1. The Morgan fingerprint density at radius 3 is 2.21 bits per heavy atom. The Labute approximate surface area is 167 Å². The maximum atomic E-state index is 13.9. The Kier molecular flexibility index (Phi) is 5.43. The van der Waals surface area contributed by atoms with E-state index in [1.807, 2.05) is 29.1 Å². The first-order chi connectivity index (χ1) is 14.0. The van der Waals surface area contributed by atoms with E-state index in [2.05, 4.69) is 24.3 Å². The van der Waals surface area contributed by atoms with Crippen LogP contribution in [0.3, 0.4) is 0 Å². The van der Waals surface area contributed by atoms with Crippen molar-refractivity contribution in [1.82, 2.24) is 9.47 Å². The SMILES string of the molecule is O=C(c1ccc(F)c(F)c1F)N1CCC(Cc2ccc(-n3cccc3)cc2)CC1. The monoisotopic (exact) mass is 398 g/mol. The predicted octanol–water partition coefficient (Wildman–Crippen LogP) is 4.99. The minimum atomic E-state index is -1.60. The second-order valence-corrected chi connectivity index (χ2v) is 7.42. The van der Waals surface area contributed by atoms with Gasteiger partial charge in [-0.1, -0.05) is 12.1 Å². The molecule has 29 heavy (non-hydrogen) atoms. The van der Waals surface area contributed by atoms with Gasteiger partial charge < -0.3 is 9.47 Å². The summed E-state index contributed by atoms with van der Waals surface area (Å²) < 4.78 is 42.5. The number of halogens is 3. The van der Waals surface area contributed by atoms with Crippen molar-refractivity contribution in [2.24, 2.45) is 5.92 Å². The van der Waals surface area contributed by atoms with Gasteiger partial charge in [0.2, 0.25) is 0 Å². The van der Waals surface area contributed by atoms with Gasteiger partial charge in [-0.3, -0.25) is 4.79 Å². The second kappa shape index (κ2) is 8.15. The van der Waals surface area contributed by atoms with Crippen molar-refractivity contribution in [3.63, 3.8) is 0 Å². The van der Waals surface area contributed by atoms with Crippen LogP contribution in [0.1, 0.15) is 28.8 Å². The fourth-order valence-corrected chi connectivity index (χ4v) is 3.85. The maximum absolute atomic E-state index is 13.9. The number of nitrogens with zero attached hydrogens (tertiary/aromatic N) is 2. The van der Waals surface area contributed by atoms with Crippen LogP contribution in [0.25, 0.3) is 5.69 Å². The quantitative estimate of drug-likeness (QED) is 0.569. The van der Waals surface area contributed by atoms with Gasteiger partial charge in [0, 0.05) is 31.2 Å². The highest BCUT2D eigenvalue weighted by molar-refractivity contribution is 5.94. The smallest absolute Gasteiger partial charge is 0.256 e. The lowest BCUT2D eigenvalue weighted by Gasteiger charge is -2.32. The molecule has 1 fully saturated rings. The van der Waals surface area contributed by atoms with Crippen LogP contribution in [0, 0.1) is 23.4 Å². The number of hydrogen-bond acceptors (Lipinski definition) is 1. The van der Waals surface area contributed by atoms with Crippen molar-refractivity contribution >= 4 is 5.91 Å². The third-order valence-electron chi connectivity index (χ3n) is 5.53. The Bertz CT molecular complexity index is 992. The summed E-state index contributed by atoms with van der Waals surface area (Å²) in [4.78, 5) is 14.0. The molecule has 0 aliphatic carbocycles. The Morgan fingerprint density at radius 1 is 0.897 bits per heavy atom. The lowest BCUT2D eigenvalue weighted by Crippen LogP contribution is -2.39. The summed E-state index contributed by atoms with van der Waals surface area (Å²) in [6, 6.07) is 14.2. The summed E-state index contributed by atoms with van der Waals surface area (Å²) in [6.07, 6.45) is 6.48. The molecule has 0 radical (unpaired) electrons. The summed E-state index contributed by atoms with van der Waals surface area (Å²) in [5, 5.41) is 0. The zero-order valence-corrected chi connectivity index (χ0v) is 15.8. The molecule has 2 aromatic carbocycles. The summed E-state index contributed by atoms with van der Waals surface area (Å²) in [7, 11) is 0. The van der Waals surface area contributed by atoms with E-state index in [-0.39, 0.29) is 0 Å². The molecule has 0 unspecified atom stereocenters. The van der Waals surface area contributed by atoms with Crippen molar-refractivity contribution in [3.05, 3.63) is 89.5 Å². The van der Waals surface area contributed by atoms with Gasteiger partial charge in [-0.2, -0.15) is 0 Å². The predicted molar refractivity (Wildman–Crippen MR) is 104 cm³/mol. The van der Waals surface area contributed by atoms with Crippen LogP contribution in [0.2, 0.25) is 0 Å². The number of aromatic nitrogens is 1. The molecule has 3 nitrogen and oxygen atoms in total. The number of benzene rings is 2. The van der Waals surface area contributed by atoms with Crippen LogP contribution in [0.15, 0.2) is 60.9 Å². The minimum absolute atomic E-state index is 0.414. The zero-order chi connectivity index (χ0) is 20.4. The molecular weight excluding hydrogens is 377 g/mol. The molecule has 1 amide bonds. The highest BCUT2D eigenvalue weighted by atomic mass is 19.2. The molecule has 4 rings (SSSR count). The summed E-state index contributed by atoms with van der Waals surface area (Å²) >= 11 is 0. The van der Waals surface area contributed by atoms with Gasteiger partial charge in [-0.05, 0) is 67.1 Å². The molecule has 3 aromatic rings. The molecule has 0 bridgehead atoms. The van der Waals surface area contributed by atoms with E-state index >= 15 is 0 Å². The van der Waals surface area contributed by atoms with Crippen molar-refractivity contribution in [3.8, 4) is 5.69 Å². The molecule has 150 valence electrons.